The van der Waals surface area contributed by atoms with Crippen molar-refractivity contribution >= 4 is 23.2 Å². The Kier molecular flexibility index (Phi) is 5.07. The van der Waals surface area contributed by atoms with E-state index in [1.807, 2.05) is 59.5 Å². The summed E-state index contributed by atoms with van der Waals surface area (Å²) in [4.78, 5) is 16.8. The van der Waals surface area contributed by atoms with E-state index in [1.54, 1.807) is 10.9 Å². The number of nitrogens with zero attached hydrogens (tertiary/aromatic N) is 5. The van der Waals surface area contributed by atoms with E-state index < -0.39 is 0 Å². The number of carbonyl (C=O) groups is 1. The lowest BCUT2D eigenvalue weighted by Crippen LogP contribution is -2.48. The zero-order chi connectivity index (χ0) is 18.6. The number of anilines is 1. The van der Waals surface area contributed by atoms with Crippen LogP contribution in [0.3, 0.4) is 0 Å². The number of hydrogen-bond acceptors (Lipinski definition) is 4. The van der Waals surface area contributed by atoms with Crippen LogP contribution in [0.2, 0.25) is 5.02 Å². The van der Waals surface area contributed by atoms with E-state index in [9.17, 15) is 4.79 Å². The second-order valence-corrected chi connectivity index (χ2v) is 6.98. The van der Waals surface area contributed by atoms with Gasteiger partial charge in [0.2, 0.25) is 0 Å². The number of benzene rings is 2. The average Bonchev–Trinajstić information content (AvgIpc) is 3.17. The Morgan fingerprint density at radius 2 is 1.78 bits per heavy atom. The number of piperazine rings is 1. The summed E-state index contributed by atoms with van der Waals surface area (Å²) in [6, 6.07) is 17.8. The molecule has 1 amide bonds. The molecule has 0 spiro atoms. The van der Waals surface area contributed by atoms with Crippen LogP contribution in [0.25, 0.3) is 0 Å². The van der Waals surface area contributed by atoms with Crippen LogP contribution in [0.4, 0.5) is 5.69 Å². The maximum Gasteiger partial charge on any atom is 0.276 e. The number of halogens is 1. The van der Waals surface area contributed by atoms with Gasteiger partial charge in [-0.15, -0.1) is 5.10 Å². The Bertz CT molecular complexity index is 919. The second-order valence-electron chi connectivity index (χ2n) is 6.55. The minimum absolute atomic E-state index is 0.0694. The summed E-state index contributed by atoms with van der Waals surface area (Å²) < 4.78 is 1.70. The fraction of sp³-hybridized carbons (Fsp3) is 0.250. The number of hydrogen-bond donors (Lipinski definition) is 0. The van der Waals surface area contributed by atoms with Crippen molar-refractivity contribution in [1.82, 2.24) is 19.9 Å². The van der Waals surface area contributed by atoms with Gasteiger partial charge in [0.1, 0.15) is 0 Å². The van der Waals surface area contributed by atoms with Crippen molar-refractivity contribution in [2.75, 3.05) is 31.1 Å². The van der Waals surface area contributed by atoms with Crippen molar-refractivity contribution in [1.29, 1.82) is 0 Å². The van der Waals surface area contributed by atoms with E-state index in [0.717, 1.165) is 29.4 Å². The van der Waals surface area contributed by atoms with Crippen LogP contribution in [0, 0.1) is 0 Å². The molecule has 7 heteroatoms. The van der Waals surface area contributed by atoms with Gasteiger partial charge in [-0.25, -0.2) is 4.68 Å². The summed E-state index contributed by atoms with van der Waals surface area (Å²) in [7, 11) is 0. The van der Waals surface area contributed by atoms with Crippen molar-refractivity contribution in [3.63, 3.8) is 0 Å². The summed E-state index contributed by atoms with van der Waals surface area (Å²) in [5, 5.41) is 8.88. The molecule has 6 nitrogen and oxygen atoms in total. The van der Waals surface area contributed by atoms with E-state index >= 15 is 0 Å². The zero-order valence-electron chi connectivity index (χ0n) is 14.8. The third-order valence-electron chi connectivity index (χ3n) is 4.69. The van der Waals surface area contributed by atoms with Gasteiger partial charge in [-0.1, -0.05) is 53.2 Å². The minimum Gasteiger partial charge on any atom is -0.368 e. The Morgan fingerprint density at radius 1 is 1.00 bits per heavy atom. The lowest BCUT2D eigenvalue weighted by Gasteiger charge is -2.35. The van der Waals surface area contributed by atoms with Crippen molar-refractivity contribution in [3.8, 4) is 0 Å². The zero-order valence-corrected chi connectivity index (χ0v) is 15.6. The number of carbonyl (C=O) groups excluding carboxylic acids is 1. The fourth-order valence-corrected chi connectivity index (χ4v) is 3.43. The maximum absolute atomic E-state index is 12.7. The van der Waals surface area contributed by atoms with Gasteiger partial charge in [-0.3, -0.25) is 4.79 Å². The van der Waals surface area contributed by atoms with Crippen molar-refractivity contribution in [3.05, 3.63) is 77.1 Å². The first-order valence-corrected chi connectivity index (χ1v) is 9.31. The molecule has 0 aliphatic carbocycles. The van der Waals surface area contributed by atoms with Gasteiger partial charge in [0, 0.05) is 36.9 Å². The first-order valence-electron chi connectivity index (χ1n) is 8.93. The quantitative estimate of drug-likeness (QED) is 0.697. The van der Waals surface area contributed by atoms with E-state index in [2.05, 4.69) is 15.2 Å². The first-order chi connectivity index (χ1) is 13.2. The molecule has 3 aromatic rings. The summed E-state index contributed by atoms with van der Waals surface area (Å²) in [5.41, 5.74) is 2.60. The summed E-state index contributed by atoms with van der Waals surface area (Å²) in [5.74, 6) is -0.0694. The van der Waals surface area contributed by atoms with Gasteiger partial charge in [0.05, 0.1) is 12.7 Å². The highest BCUT2D eigenvalue weighted by molar-refractivity contribution is 6.30. The van der Waals surface area contributed by atoms with Gasteiger partial charge in [0.15, 0.2) is 5.69 Å². The van der Waals surface area contributed by atoms with Crippen LogP contribution in [0.15, 0.2) is 60.8 Å². The fourth-order valence-electron chi connectivity index (χ4n) is 3.25. The average molecular weight is 382 g/mol. The minimum atomic E-state index is -0.0694. The highest BCUT2D eigenvalue weighted by Gasteiger charge is 2.24. The number of amides is 1. The number of aromatic nitrogens is 3. The smallest absolute Gasteiger partial charge is 0.276 e. The van der Waals surface area contributed by atoms with Crippen LogP contribution in [0.5, 0.6) is 0 Å². The standard InChI is InChI=1S/C20H20ClN5O/c21-17-7-4-8-18(13-17)24-9-11-25(12-10-24)20(27)19-15-26(23-22-19)14-16-5-2-1-3-6-16/h1-8,13,15H,9-12,14H2. The molecule has 2 aromatic carbocycles. The molecule has 138 valence electrons. The molecule has 1 aliphatic rings. The van der Waals surface area contributed by atoms with Crippen molar-refractivity contribution in [2.24, 2.45) is 0 Å². The molecule has 1 fully saturated rings. The number of rotatable bonds is 4. The van der Waals surface area contributed by atoms with Crippen LogP contribution in [-0.2, 0) is 6.54 Å². The third kappa shape index (κ3) is 4.11. The predicted octanol–water partition coefficient (Wildman–Crippen LogP) is 2.94. The Labute approximate surface area is 163 Å². The van der Waals surface area contributed by atoms with Gasteiger partial charge >= 0.3 is 0 Å². The van der Waals surface area contributed by atoms with Crippen molar-refractivity contribution in [2.45, 2.75) is 6.54 Å². The normalized spacial score (nSPS) is 14.4. The van der Waals surface area contributed by atoms with Crippen LogP contribution in [0.1, 0.15) is 16.1 Å². The van der Waals surface area contributed by atoms with E-state index in [0.29, 0.717) is 25.3 Å². The maximum atomic E-state index is 12.7. The Balaban J connectivity index is 1.37. The molecule has 1 aliphatic heterocycles. The van der Waals surface area contributed by atoms with Gasteiger partial charge in [0.25, 0.3) is 5.91 Å². The molecule has 2 heterocycles. The molecule has 0 unspecified atom stereocenters. The van der Waals surface area contributed by atoms with Crippen LogP contribution >= 0.6 is 11.6 Å². The lowest BCUT2D eigenvalue weighted by molar-refractivity contribution is 0.0740. The van der Waals surface area contributed by atoms with E-state index in [-0.39, 0.29) is 5.91 Å². The Morgan fingerprint density at radius 3 is 2.52 bits per heavy atom. The molecule has 0 radical (unpaired) electrons. The Hall–Kier alpha value is -2.86. The molecule has 4 rings (SSSR count). The molecule has 1 saturated heterocycles. The molecule has 27 heavy (non-hydrogen) atoms. The third-order valence-corrected chi connectivity index (χ3v) is 4.92. The highest BCUT2D eigenvalue weighted by atomic mass is 35.5. The van der Waals surface area contributed by atoms with Gasteiger partial charge in [-0.05, 0) is 23.8 Å². The van der Waals surface area contributed by atoms with E-state index in [4.69, 9.17) is 11.6 Å². The first kappa shape index (κ1) is 17.5. The monoisotopic (exact) mass is 381 g/mol. The largest absolute Gasteiger partial charge is 0.368 e. The van der Waals surface area contributed by atoms with Crippen LogP contribution in [-0.4, -0.2) is 52.0 Å². The molecule has 0 saturated carbocycles. The molecule has 0 atom stereocenters. The molecular weight excluding hydrogens is 362 g/mol. The molecule has 0 bridgehead atoms. The van der Waals surface area contributed by atoms with Crippen LogP contribution < -0.4 is 4.90 Å². The predicted molar refractivity (Wildman–Crippen MR) is 105 cm³/mol. The summed E-state index contributed by atoms with van der Waals surface area (Å²) in [6.45, 7) is 3.44. The summed E-state index contributed by atoms with van der Waals surface area (Å²) in [6.07, 6.45) is 1.72. The van der Waals surface area contributed by atoms with Crippen molar-refractivity contribution < 1.29 is 4.79 Å². The van der Waals surface area contributed by atoms with Gasteiger partial charge in [-0.2, -0.15) is 0 Å². The lowest BCUT2D eigenvalue weighted by atomic mass is 10.2. The van der Waals surface area contributed by atoms with Gasteiger partial charge < -0.3 is 9.80 Å². The topological polar surface area (TPSA) is 54.3 Å². The second kappa shape index (κ2) is 7.80. The summed E-state index contributed by atoms with van der Waals surface area (Å²) >= 11 is 6.07. The highest BCUT2D eigenvalue weighted by Crippen LogP contribution is 2.21. The molecular formula is C20H20ClN5O. The van der Waals surface area contributed by atoms with E-state index in [1.165, 1.54) is 0 Å². The SMILES string of the molecule is O=C(c1cn(Cc2ccccc2)nn1)N1CCN(c2cccc(Cl)c2)CC1. The molecule has 0 N–H and O–H groups in total. The molecule has 1 aromatic heterocycles.